The molecule has 1 aromatic rings. The summed E-state index contributed by atoms with van der Waals surface area (Å²) < 4.78 is 0. The van der Waals surface area contributed by atoms with Crippen LogP contribution in [0.15, 0.2) is 18.2 Å². The zero-order chi connectivity index (χ0) is 13.8. The minimum Gasteiger partial charge on any atom is -0.478 e. The van der Waals surface area contributed by atoms with Crippen LogP contribution in [0.3, 0.4) is 0 Å². The number of likely N-dealkylation sites (tertiary alicyclic amines) is 1. The second kappa shape index (κ2) is 6.19. The summed E-state index contributed by atoms with van der Waals surface area (Å²) >= 11 is 3.34. The van der Waals surface area contributed by atoms with Crippen LogP contribution in [-0.4, -0.2) is 40.2 Å². The number of aromatic carboxylic acids is 1. The van der Waals surface area contributed by atoms with Gasteiger partial charge >= 0.3 is 5.97 Å². The molecule has 0 radical (unpaired) electrons. The van der Waals surface area contributed by atoms with E-state index in [9.17, 15) is 4.79 Å². The minimum absolute atomic E-state index is 0.331. The highest BCUT2D eigenvalue weighted by Crippen LogP contribution is 2.18. The van der Waals surface area contributed by atoms with Crippen molar-refractivity contribution in [2.75, 3.05) is 18.4 Å². The first-order chi connectivity index (χ1) is 9.13. The standard InChI is InChI=1S/C14H17BrN2O2/c15-6-5-10-9-11(3-4-12(10)14(18)19)13(16)17-7-1-2-8-17/h3-4,9,16H,1-2,5-8H2,(H,18,19). The Morgan fingerprint density at radius 2 is 2.05 bits per heavy atom. The van der Waals surface area contributed by atoms with Crippen LogP contribution in [0.5, 0.6) is 0 Å². The van der Waals surface area contributed by atoms with Gasteiger partial charge in [0, 0.05) is 24.0 Å². The van der Waals surface area contributed by atoms with E-state index < -0.39 is 5.97 Å². The van der Waals surface area contributed by atoms with Gasteiger partial charge in [-0.15, -0.1) is 0 Å². The fourth-order valence-corrected chi connectivity index (χ4v) is 2.81. The van der Waals surface area contributed by atoms with Crippen molar-refractivity contribution in [1.82, 2.24) is 4.90 Å². The monoisotopic (exact) mass is 324 g/mol. The highest BCUT2D eigenvalue weighted by Gasteiger charge is 2.18. The summed E-state index contributed by atoms with van der Waals surface area (Å²) in [5, 5.41) is 18.1. The molecule has 4 nitrogen and oxygen atoms in total. The SMILES string of the molecule is N=C(c1ccc(C(=O)O)c(CCBr)c1)N1CCCC1. The summed E-state index contributed by atoms with van der Waals surface area (Å²) in [5.74, 6) is -0.402. The van der Waals surface area contributed by atoms with E-state index in [1.807, 2.05) is 11.0 Å². The van der Waals surface area contributed by atoms with Gasteiger partial charge in [0.25, 0.3) is 0 Å². The quantitative estimate of drug-likeness (QED) is 0.508. The number of benzene rings is 1. The third kappa shape index (κ3) is 3.15. The summed E-state index contributed by atoms with van der Waals surface area (Å²) in [5.41, 5.74) is 1.92. The van der Waals surface area contributed by atoms with Crippen LogP contribution in [0.2, 0.25) is 0 Å². The molecular formula is C14H17BrN2O2. The number of carboxylic acid groups (broad SMARTS) is 1. The molecule has 2 rings (SSSR count). The Kier molecular flexibility index (Phi) is 4.58. The fourth-order valence-electron chi connectivity index (χ4n) is 2.38. The molecule has 1 aliphatic rings. The molecule has 0 amide bonds. The van der Waals surface area contributed by atoms with E-state index in [4.69, 9.17) is 10.5 Å². The molecule has 1 aromatic carbocycles. The van der Waals surface area contributed by atoms with Gasteiger partial charge in [-0.2, -0.15) is 0 Å². The van der Waals surface area contributed by atoms with E-state index in [0.717, 1.165) is 37.1 Å². The van der Waals surface area contributed by atoms with Crippen LogP contribution in [0, 0.1) is 5.41 Å². The number of carbonyl (C=O) groups is 1. The Balaban J connectivity index is 2.28. The third-order valence-electron chi connectivity index (χ3n) is 3.40. The van der Waals surface area contributed by atoms with E-state index in [-0.39, 0.29) is 0 Å². The van der Waals surface area contributed by atoms with Crippen molar-refractivity contribution < 1.29 is 9.90 Å². The first-order valence-corrected chi connectivity index (χ1v) is 7.51. The highest BCUT2D eigenvalue weighted by molar-refractivity contribution is 9.09. The maximum Gasteiger partial charge on any atom is 0.335 e. The number of hydrogen-bond donors (Lipinski definition) is 2. The van der Waals surface area contributed by atoms with E-state index in [1.165, 1.54) is 0 Å². The van der Waals surface area contributed by atoms with Crippen LogP contribution in [0.25, 0.3) is 0 Å². The van der Waals surface area contributed by atoms with Crippen LogP contribution >= 0.6 is 15.9 Å². The number of hydrogen-bond acceptors (Lipinski definition) is 2. The number of nitrogens with one attached hydrogen (secondary N) is 1. The lowest BCUT2D eigenvalue weighted by Gasteiger charge is -2.19. The topological polar surface area (TPSA) is 64.4 Å². The molecule has 0 bridgehead atoms. The molecule has 5 heteroatoms. The Bertz CT molecular complexity index is 496. The third-order valence-corrected chi connectivity index (χ3v) is 3.79. The molecule has 0 atom stereocenters. The number of carboxylic acids is 1. The van der Waals surface area contributed by atoms with Gasteiger partial charge < -0.3 is 10.0 Å². The molecule has 102 valence electrons. The van der Waals surface area contributed by atoms with E-state index >= 15 is 0 Å². The van der Waals surface area contributed by atoms with Crippen molar-refractivity contribution in [3.8, 4) is 0 Å². The van der Waals surface area contributed by atoms with Crippen LogP contribution < -0.4 is 0 Å². The number of halogens is 1. The molecule has 1 saturated heterocycles. The van der Waals surface area contributed by atoms with Gasteiger partial charge in [0.1, 0.15) is 5.84 Å². The predicted octanol–water partition coefficient (Wildman–Crippen LogP) is 2.74. The first-order valence-electron chi connectivity index (χ1n) is 6.39. The Labute approximate surface area is 121 Å². The molecule has 1 aliphatic heterocycles. The van der Waals surface area contributed by atoms with Gasteiger partial charge in [-0.1, -0.05) is 22.0 Å². The number of alkyl halides is 1. The molecule has 1 fully saturated rings. The van der Waals surface area contributed by atoms with Crippen LogP contribution in [0.4, 0.5) is 0 Å². The molecule has 2 N–H and O–H groups in total. The van der Waals surface area contributed by atoms with E-state index in [1.54, 1.807) is 12.1 Å². The summed E-state index contributed by atoms with van der Waals surface area (Å²) in [6, 6.07) is 5.19. The second-order valence-corrected chi connectivity index (χ2v) is 5.45. The summed E-state index contributed by atoms with van der Waals surface area (Å²) in [6.45, 7) is 1.85. The zero-order valence-corrected chi connectivity index (χ0v) is 12.2. The molecule has 0 aliphatic carbocycles. The number of nitrogens with zero attached hydrogens (tertiary/aromatic N) is 1. The van der Waals surface area contributed by atoms with Crippen molar-refractivity contribution >= 4 is 27.7 Å². The van der Waals surface area contributed by atoms with Gasteiger partial charge in [-0.05, 0) is 37.0 Å². The maximum absolute atomic E-state index is 11.2. The van der Waals surface area contributed by atoms with Gasteiger partial charge in [0.15, 0.2) is 0 Å². The Morgan fingerprint density at radius 3 is 2.63 bits per heavy atom. The van der Waals surface area contributed by atoms with Gasteiger partial charge in [-0.25, -0.2) is 4.79 Å². The highest BCUT2D eigenvalue weighted by atomic mass is 79.9. The van der Waals surface area contributed by atoms with Crippen molar-refractivity contribution in [3.05, 3.63) is 34.9 Å². The van der Waals surface area contributed by atoms with Gasteiger partial charge in [0.05, 0.1) is 5.56 Å². The lowest BCUT2D eigenvalue weighted by Crippen LogP contribution is -2.27. The van der Waals surface area contributed by atoms with E-state index in [2.05, 4.69) is 15.9 Å². The van der Waals surface area contributed by atoms with Crippen molar-refractivity contribution in [3.63, 3.8) is 0 Å². The van der Waals surface area contributed by atoms with Crippen molar-refractivity contribution in [1.29, 1.82) is 5.41 Å². The molecule has 0 saturated carbocycles. The number of aryl methyl sites for hydroxylation is 1. The lowest BCUT2D eigenvalue weighted by molar-refractivity contribution is 0.0696. The lowest BCUT2D eigenvalue weighted by atomic mass is 10.0. The van der Waals surface area contributed by atoms with Crippen molar-refractivity contribution in [2.24, 2.45) is 0 Å². The molecular weight excluding hydrogens is 308 g/mol. The summed E-state index contributed by atoms with van der Waals surface area (Å²) in [7, 11) is 0. The Hall–Kier alpha value is -1.36. The zero-order valence-electron chi connectivity index (χ0n) is 10.7. The molecule has 0 unspecified atom stereocenters. The van der Waals surface area contributed by atoms with Gasteiger partial charge in [-0.3, -0.25) is 5.41 Å². The minimum atomic E-state index is -0.907. The number of rotatable bonds is 4. The average molecular weight is 325 g/mol. The first kappa shape index (κ1) is 14.1. The second-order valence-electron chi connectivity index (χ2n) is 4.66. The molecule has 1 heterocycles. The largest absolute Gasteiger partial charge is 0.478 e. The molecule has 0 aromatic heterocycles. The van der Waals surface area contributed by atoms with E-state index in [0.29, 0.717) is 23.1 Å². The smallest absolute Gasteiger partial charge is 0.335 e. The molecule has 19 heavy (non-hydrogen) atoms. The summed E-state index contributed by atoms with van der Waals surface area (Å²) in [4.78, 5) is 13.2. The molecule has 0 spiro atoms. The van der Waals surface area contributed by atoms with Crippen LogP contribution in [0.1, 0.15) is 34.3 Å². The van der Waals surface area contributed by atoms with Crippen LogP contribution in [-0.2, 0) is 6.42 Å². The predicted molar refractivity (Wildman–Crippen MR) is 78.5 cm³/mol. The maximum atomic E-state index is 11.2. The summed E-state index contributed by atoms with van der Waals surface area (Å²) in [6.07, 6.45) is 2.91. The van der Waals surface area contributed by atoms with Crippen molar-refractivity contribution in [2.45, 2.75) is 19.3 Å². The normalized spacial score (nSPS) is 14.7. The fraction of sp³-hybridized carbons (Fsp3) is 0.429. The van der Waals surface area contributed by atoms with Gasteiger partial charge in [0.2, 0.25) is 0 Å². The Morgan fingerprint density at radius 1 is 1.37 bits per heavy atom. The average Bonchev–Trinajstić information content (AvgIpc) is 2.91. The number of amidine groups is 1.